The van der Waals surface area contributed by atoms with Gasteiger partial charge in [0.25, 0.3) is 0 Å². The van der Waals surface area contributed by atoms with Gasteiger partial charge in [0.15, 0.2) is 0 Å². The molecule has 0 radical (unpaired) electrons. The minimum Gasteiger partial charge on any atom is -0.459 e. The van der Waals surface area contributed by atoms with Crippen LogP contribution in [0.4, 0.5) is 0 Å². The standard InChI is InChI=1S/C15H22N2O/c1-11(2)17(4)10-13-12-7-5-6-8-14(12)18-15(13)9-16-3/h5-8,11,16H,9-10H2,1-4H3. The van der Waals surface area contributed by atoms with Crippen molar-refractivity contribution >= 4 is 11.0 Å². The lowest BCUT2D eigenvalue weighted by Crippen LogP contribution is -2.26. The van der Waals surface area contributed by atoms with E-state index in [9.17, 15) is 0 Å². The monoisotopic (exact) mass is 246 g/mol. The topological polar surface area (TPSA) is 28.4 Å². The molecule has 2 aromatic rings. The number of hydrogen-bond acceptors (Lipinski definition) is 3. The molecule has 1 aromatic carbocycles. The van der Waals surface area contributed by atoms with Crippen LogP contribution in [0, 0.1) is 0 Å². The molecule has 3 nitrogen and oxygen atoms in total. The molecule has 0 aliphatic rings. The number of nitrogens with one attached hydrogen (secondary N) is 1. The normalized spacial score (nSPS) is 11.9. The van der Waals surface area contributed by atoms with Crippen molar-refractivity contribution in [2.45, 2.75) is 33.0 Å². The van der Waals surface area contributed by atoms with Crippen molar-refractivity contribution in [3.05, 3.63) is 35.6 Å². The lowest BCUT2D eigenvalue weighted by molar-refractivity contribution is 0.264. The quantitative estimate of drug-likeness (QED) is 0.879. The molecular formula is C15H22N2O. The Bertz CT molecular complexity index is 516. The Balaban J connectivity index is 2.41. The highest BCUT2D eigenvalue weighted by atomic mass is 16.3. The molecule has 0 aliphatic heterocycles. The zero-order valence-corrected chi connectivity index (χ0v) is 11.7. The van der Waals surface area contributed by atoms with Gasteiger partial charge in [-0.2, -0.15) is 0 Å². The zero-order chi connectivity index (χ0) is 13.1. The van der Waals surface area contributed by atoms with E-state index in [4.69, 9.17) is 4.42 Å². The second-order valence-electron chi connectivity index (χ2n) is 5.04. The maximum Gasteiger partial charge on any atom is 0.134 e. The third-order valence-electron chi connectivity index (χ3n) is 3.41. The Labute approximate surface area is 109 Å². The van der Waals surface area contributed by atoms with E-state index in [2.05, 4.69) is 43.2 Å². The highest BCUT2D eigenvalue weighted by Gasteiger charge is 2.15. The first-order chi connectivity index (χ1) is 8.63. The molecule has 0 spiro atoms. The predicted molar refractivity (Wildman–Crippen MR) is 75.6 cm³/mol. The minimum atomic E-state index is 0.529. The van der Waals surface area contributed by atoms with Crippen LogP contribution in [0.3, 0.4) is 0 Å². The van der Waals surface area contributed by atoms with Crippen molar-refractivity contribution < 1.29 is 4.42 Å². The van der Waals surface area contributed by atoms with Gasteiger partial charge in [0.05, 0.1) is 6.54 Å². The van der Waals surface area contributed by atoms with Crippen molar-refractivity contribution in [2.24, 2.45) is 0 Å². The Kier molecular flexibility index (Phi) is 4.04. The van der Waals surface area contributed by atoms with E-state index in [0.29, 0.717) is 6.04 Å². The lowest BCUT2D eigenvalue weighted by atomic mass is 10.1. The fourth-order valence-corrected chi connectivity index (χ4v) is 2.06. The van der Waals surface area contributed by atoms with E-state index < -0.39 is 0 Å². The Morgan fingerprint density at radius 3 is 2.67 bits per heavy atom. The smallest absolute Gasteiger partial charge is 0.134 e. The molecule has 3 heteroatoms. The summed E-state index contributed by atoms with van der Waals surface area (Å²) in [4.78, 5) is 2.33. The second-order valence-corrected chi connectivity index (χ2v) is 5.04. The number of rotatable bonds is 5. The van der Waals surface area contributed by atoms with Gasteiger partial charge in [-0.3, -0.25) is 4.90 Å². The van der Waals surface area contributed by atoms with Crippen LogP contribution < -0.4 is 5.32 Å². The van der Waals surface area contributed by atoms with Gasteiger partial charge in [-0.1, -0.05) is 18.2 Å². The zero-order valence-electron chi connectivity index (χ0n) is 11.7. The number of nitrogens with zero attached hydrogens (tertiary/aromatic N) is 1. The van der Waals surface area contributed by atoms with Gasteiger partial charge in [-0.25, -0.2) is 0 Å². The molecule has 0 saturated carbocycles. The van der Waals surface area contributed by atoms with Gasteiger partial charge in [-0.15, -0.1) is 0 Å². The van der Waals surface area contributed by atoms with Crippen molar-refractivity contribution in [2.75, 3.05) is 14.1 Å². The SMILES string of the molecule is CNCc1oc2ccccc2c1CN(C)C(C)C. The van der Waals surface area contributed by atoms with Crippen LogP contribution >= 0.6 is 0 Å². The molecule has 0 aliphatic carbocycles. The van der Waals surface area contributed by atoms with E-state index in [1.165, 1.54) is 10.9 Å². The molecule has 98 valence electrons. The van der Waals surface area contributed by atoms with Gasteiger partial charge in [0, 0.05) is 23.5 Å². The number of hydrogen-bond donors (Lipinski definition) is 1. The average molecular weight is 246 g/mol. The largest absolute Gasteiger partial charge is 0.459 e. The number of fused-ring (bicyclic) bond motifs is 1. The fraction of sp³-hybridized carbons (Fsp3) is 0.467. The molecule has 0 unspecified atom stereocenters. The van der Waals surface area contributed by atoms with Crippen molar-refractivity contribution in [1.29, 1.82) is 0 Å². The third kappa shape index (κ3) is 2.57. The van der Waals surface area contributed by atoms with Crippen LogP contribution in [0.2, 0.25) is 0 Å². The minimum absolute atomic E-state index is 0.529. The molecule has 1 N–H and O–H groups in total. The number of furan rings is 1. The van der Waals surface area contributed by atoms with Crippen LogP contribution in [0.25, 0.3) is 11.0 Å². The number of para-hydroxylation sites is 1. The summed E-state index contributed by atoms with van der Waals surface area (Å²) in [5, 5.41) is 4.41. The summed E-state index contributed by atoms with van der Waals surface area (Å²) in [5.74, 6) is 1.05. The summed E-state index contributed by atoms with van der Waals surface area (Å²) in [6.45, 7) is 6.11. The summed E-state index contributed by atoms with van der Waals surface area (Å²) in [7, 11) is 4.10. The molecule has 2 rings (SSSR count). The molecule has 1 aromatic heterocycles. The van der Waals surface area contributed by atoms with Gasteiger partial charge >= 0.3 is 0 Å². The van der Waals surface area contributed by atoms with Crippen LogP contribution in [-0.2, 0) is 13.1 Å². The highest BCUT2D eigenvalue weighted by molar-refractivity contribution is 5.82. The maximum atomic E-state index is 5.93. The second kappa shape index (κ2) is 5.55. The van der Waals surface area contributed by atoms with E-state index in [1.54, 1.807) is 0 Å². The number of benzene rings is 1. The van der Waals surface area contributed by atoms with Gasteiger partial charge in [0.1, 0.15) is 11.3 Å². The first-order valence-electron chi connectivity index (χ1n) is 6.47. The molecule has 0 saturated heterocycles. The molecule has 0 atom stereocenters. The van der Waals surface area contributed by atoms with E-state index in [1.807, 2.05) is 19.2 Å². The van der Waals surface area contributed by atoms with Crippen molar-refractivity contribution in [3.8, 4) is 0 Å². The summed E-state index contributed by atoms with van der Waals surface area (Å²) in [5.41, 5.74) is 2.28. The van der Waals surface area contributed by atoms with Crippen molar-refractivity contribution in [3.63, 3.8) is 0 Å². The summed E-state index contributed by atoms with van der Waals surface area (Å²) >= 11 is 0. The maximum absolute atomic E-state index is 5.93. The predicted octanol–water partition coefficient (Wildman–Crippen LogP) is 2.99. The summed E-state index contributed by atoms with van der Waals surface area (Å²) in [6, 6.07) is 8.79. The van der Waals surface area contributed by atoms with Crippen molar-refractivity contribution in [1.82, 2.24) is 10.2 Å². The van der Waals surface area contributed by atoms with E-state index >= 15 is 0 Å². The van der Waals surface area contributed by atoms with Gasteiger partial charge < -0.3 is 9.73 Å². The Morgan fingerprint density at radius 2 is 2.00 bits per heavy atom. The first-order valence-corrected chi connectivity index (χ1v) is 6.47. The molecule has 1 heterocycles. The Hall–Kier alpha value is -1.32. The molecule has 0 fully saturated rings. The molecule has 18 heavy (non-hydrogen) atoms. The first kappa shape index (κ1) is 13.1. The van der Waals surface area contributed by atoms with Crippen LogP contribution in [0.15, 0.2) is 28.7 Å². The molecule has 0 amide bonds. The van der Waals surface area contributed by atoms with Crippen LogP contribution in [-0.4, -0.2) is 25.0 Å². The van der Waals surface area contributed by atoms with Crippen LogP contribution in [0.5, 0.6) is 0 Å². The fourth-order valence-electron chi connectivity index (χ4n) is 2.06. The van der Waals surface area contributed by atoms with Gasteiger partial charge in [-0.05, 0) is 34.0 Å². The lowest BCUT2D eigenvalue weighted by Gasteiger charge is -2.21. The van der Waals surface area contributed by atoms with E-state index in [0.717, 1.165) is 24.4 Å². The Morgan fingerprint density at radius 1 is 1.28 bits per heavy atom. The summed E-state index contributed by atoms with van der Waals surface area (Å²) < 4.78 is 5.93. The van der Waals surface area contributed by atoms with Crippen LogP contribution in [0.1, 0.15) is 25.2 Å². The van der Waals surface area contributed by atoms with Gasteiger partial charge in [0.2, 0.25) is 0 Å². The molecule has 0 bridgehead atoms. The van der Waals surface area contributed by atoms with E-state index in [-0.39, 0.29) is 0 Å². The molecular weight excluding hydrogens is 224 g/mol. The third-order valence-corrected chi connectivity index (χ3v) is 3.41. The summed E-state index contributed by atoms with van der Waals surface area (Å²) in [6.07, 6.45) is 0. The average Bonchev–Trinajstić information content (AvgIpc) is 2.68. The highest BCUT2D eigenvalue weighted by Crippen LogP contribution is 2.27.